The van der Waals surface area contributed by atoms with Crippen LogP contribution in [0.1, 0.15) is 72.0 Å². The van der Waals surface area contributed by atoms with Crippen LogP contribution in [0.15, 0.2) is 78.4 Å². The second-order valence-corrected chi connectivity index (χ2v) is 12.5. The van der Waals surface area contributed by atoms with Crippen molar-refractivity contribution in [3.8, 4) is 17.0 Å². The topological polar surface area (TPSA) is 89.6 Å². The number of carbonyl (C=O) groups is 1. The number of aromatic nitrogens is 1. The maximum atomic E-state index is 14.8. The molecule has 3 N–H and O–H groups in total. The molecule has 0 spiro atoms. The third-order valence-electron chi connectivity index (χ3n) is 8.54. The minimum Gasteiger partial charge on any atom is -0.490 e. The fourth-order valence-corrected chi connectivity index (χ4v) is 5.73. The normalized spacial score (nSPS) is 15.6. The monoisotopic (exact) mass is 710 g/mol. The summed E-state index contributed by atoms with van der Waals surface area (Å²) in [6.45, 7) is 12.3. The maximum absolute atomic E-state index is 14.8. The van der Waals surface area contributed by atoms with Gasteiger partial charge in [0.25, 0.3) is 0 Å². The Morgan fingerprint density at radius 1 is 1.08 bits per heavy atom. The summed E-state index contributed by atoms with van der Waals surface area (Å²) in [7, 11) is 0. The number of ether oxygens (including phenoxy) is 1. The number of amides is 1. The van der Waals surface area contributed by atoms with Crippen LogP contribution in [0.3, 0.4) is 0 Å². The number of benzene rings is 3. The number of rotatable bonds is 8. The summed E-state index contributed by atoms with van der Waals surface area (Å²) in [5.41, 5.74) is 8.43. The summed E-state index contributed by atoms with van der Waals surface area (Å²) in [5.74, 6) is -3.17. The first-order chi connectivity index (χ1) is 24.2. The highest BCUT2D eigenvalue weighted by Gasteiger charge is 2.37. The van der Waals surface area contributed by atoms with E-state index in [0.29, 0.717) is 22.9 Å². The molecule has 51 heavy (non-hydrogen) atoms. The predicted octanol–water partition coefficient (Wildman–Crippen LogP) is 9.45. The van der Waals surface area contributed by atoms with Crippen molar-refractivity contribution in [1.29, 1.82) is 0 Å². The minimum atomic E-state index is -5.03. The molecular weight excluding hydrogens is 670 g/mol. The highest BCUT2D eigenvalue weighted by molar-refractivity contribution is 5.89. The van der Waals surface area contributed by atoms with Gasteiger partial charge in [-0.05, 0) is 87.2 Å². The predicted molar refractivity (Wildman–Crippen MR) is 187 cm³/mol. The first kappa shape index (κ1) is 38.7. The molecule has 0 radical (unpaired) electrons. The molecule has 0 bridgehead atoms. The lowest BCUT2D eigenvalue weighted by Gasteiger charge is -2.20. The van der Waals surface area contributed by atoms with E-state index in [0.717, 1.165) is 11.6 Å². The van der Waals surface area contributed by atoms with Gasteiger partial charge in [0.05, 0.1) is 23.6 Å². The van der Waals surface area contributed by atoms with Gasteiger partial charge < -0.3 is 15.8 Å². The SMILES string of the molecule is C=CNCC(c1cccc(F)c1)c1cc2c(c(-c3cc(C(F)(F)F)c(F)cc3F)n1)OCC2C.CC(=Nc1ccc(C)cc1C)C1CC1.NC=O. The van der Waals surface area contributed by atoms with Crippen LogP contribution in [0.4, 0.5) is 32.0 Å². The lowest BCUT2D eigenvalue weighted by Crippen LogP contribution is -2.19. The lowest BCUT2D eigenvalue weighted by atomic mass is 9.91. The zero-order chi connectivity index (χ0) is 37.5. The minimum absolute atomic E-state index is 0.143. The molecular formula is C39H40F6N4O2. The van der Waals surface area contributed by atoms with Crippen LogP contribution in [-0.2, 0) is 11.0 Å². The van der Waals surface area contributed by atoms with Gasteiger partial charge in [-0.15, -0.1) is 0 Å². The van der Waals surface area contributed by atoms with Gasteiger partial charge in [-0.3, -0.25) is 9.79 Å². The van der Waals surface area contributed by atoms with E-state index in [2.05, 4.69) is 66.6 Å². The number of aryl methyl sites for hydroxylation is 2. The van der Waals surface area contributed by atoms with Crippen LogP contribution in [0.2, 0.25) is 0 Å². The van der Waals surface area contributed by atoms with Crippen molar-refractivity contribution in [2.75, 3.05) is 13.2 Å². The second-order valence-electron chi connectivity index (χ2n) is 12.5. The molecule has 2 heterocycles. The Labute approximate surface area is 293 Å². The van der Waals surface area contributed by atoms with Crippen LogP contribution >= 0.6 is 0 Å². The fraction of sp³-hybridized carbons (Fsp3) is 0.308. The van der Waals surface area contributed by atoms with Crippen LogP contribution in [0, 0.1) is 37.2 Å². The molecule has 1 amide bonds. The number of hydrogen-bond acceptors (Lipinski definition) is 5. The number of nitrogens with zero attached hydrogens (tertiary/aromatic N) is 2. The van der Waals surface area contributed by atoms with Gasteiger partial charge in [-0.2, -0.15) is 13.2 Å². The average Bonchev–Trinajstić information content (AvgIpc) is 3.85. The van der Waals surface area contributed by atoms with Crippen molar-refractivity contribution in [2.45, 2.75) is 58.5 Å². The molecule has 1 fully saturated rings. The molecule has 6 nitrogen and oxygen atoms in total. The molecule has 2 aliphatic rings. The molecule has 12 heteroatoms. The highest BCUT2D eigenvalue weighted by Crippen LogP contribution is 2.45. The number of primary amides is 1. The second kappa shape index (κ2) is 16.7. The van der Waals surface area contributed by atoms with E-state index in [1.807, 2.05) is 6.92 Å². The van der Waals surface area contributed by atoms with E-state index in [1.54, 1.807) is 12.1 Å². The molecule has 270 valence electrons. The number of alkyl halides is 3. The Hall–Kier alpha value is -5.13. The number of fused-ring (bicyclic) bond motifs is 1. The summed E-state index contributed by atoms with van der Waals surface area (Å²) in [6, 6.07) is 14.6. The van der Waals surface area contributed by atoms with Gasteiger partial charge in [0, 0.05) is 41.3 Å². The molecule has 1 aromatic heterocycles. The number of hydrogen-bond donors (Lipinski definition) is 2. The molecule has 2 atom stereocenters. The van der Waals surface area contributed by atoms with E-state index in [1.165, 1.54) is 54.1 Å². The van der Waals surface area contributed by atoms with Crippen molar-refractivity contribution in [2.24, 2.45) is 16.6 Å². The average molecular weight is 711 g/mol. The smallest absolute Gasteiger partial charge is 0.419 e. The first-order valence-corrected chi connectivity index (χ1v) is 16.3. The Balaban J connectivity index is 0.000000283. The van der Waals surface area contributed by atoms with E-state index in [4.69, 9.17) is 9.53 Å². The number of aliphatic imine (C=N–C) groups is 1. The number of carbonyl (C=O) groups excluding carboxylic acids is 1. The van der Waals surface area contributed by atoms with Crippen molar-refractivity contribution in [3.63, 3.8) is 0 Å². The van der Waals surface area contributed by atoms with Crippen LogP contribution in [-0.4, -0.2) is 30.3 Å². The molecule has 3 aromatic carbocycles. The summed E-state index contributed by atoms with van der Waals surface area (Å²) in [4.78, 5) is 17.7. The number of nitrogens with one attached hydrogen (secondary N) is 1. The fourth-order valence-electron chi connectivity index (χ4n) is 5.73. The van der Waals surface area contributed by atoms with E-state index >= 15 is 0 Å². The summed E-state index contributed by atoms with van der Waals surface area (Å²) < 4.78 is 88.4. The molecule has 1 aliphatic carbocycles. The maximum Gasteiger partial charge on any atom is 0.419 e. The van der Waals surface area contributed by atoms with Gasteiger partial charge in [-0.25, -0.2) is 18.2 Å². The molecule has 4 aromatic rings. The highest BCUT2D eigenvalue weighted by atomic mass is 19.4. The standard InChI is InChI=1S/C25H20F6N2O.C13H17N.CH3NO/c1-3-32-11-18(14-5-4-6-15(26)7-14)22-9-16-13(2)12-34-24(16)23(33-22)17-8-19(25(29,30)31)21(28)10-20(17)27;1-9-4-7-13(10(2)8-9)14-11(3)12-5-6-12;2-1-3/h3-10,13,18,32H,1,11-12H2,2H3;4,7-8,12H,5-6H2,1-3H3;1H,(H2,2,3). The number of pyridine rings is 1. The van der Waals surface area contributed by atoms with E-state index in [-0.39, 0.29) is 43.0 Å². The van der Waals surface area contributed by atoms with Gasteiger partial charge in [-0.1, -0.05) is 43.3 Å². The largest absolute Gasteiger partial charge is 0.490 e. The molecule has 1 aliphatic heterocycles. The van der Waals surface area contributed by atoms with Crippen LogP contribution < -0.4 is 15.8 Å². The van der Waals surface area contributed by atoms with Crippen molar-refractivity contribution >= 4 is 17.8 Å². The quantitative estimate of drug-likeness (QED) is 0.108. The Kier molecular flexibility index (Phi) is 12.7. The Morgan fingerprint density at radius 3 is 2.39 bits per heavy atom. The number of nitrogens with two attached hydrogens (primary N) is 1. The van der Waals surface area contributed by atoms with Crippen LogP contribution in [0.5, 0.6) is 5.75 Å². The van der Waals surface area contributed by atoms with E-state index in [9.17, 15) is 26.3 Å². The first-order valence-electron chi connectivity index (χ1n) is 16.3. The zero-order valence-electron chi connectivity index (χ0n) is 28.8. The van der Waals surface area contributed by atoms with Crippen molar-refractivity contribution in [1.82, 2.24) is 10.3 Å². The summed E-state index contributed by atoms with van der Waals surface area (Å²) >= 11 is 0. The van der Waals surface area contributed by atoms with E-state index < -0.39 is 40.7 Å². The van der Waals surface area contributed by atoms with Gasteiger partial charge in [0.2, 0.25) is 6.41 Å². The summed E-state index contributed by atoms with van der Waals surface area (Å²) in [6.07, 6.45) is -0.665. The van der Waals surface area contributed by atoms with Gasteiger partial charge in [0.15, 0.2) is 0 Å². The zero-order valence-corrected chi connectivity index (χ0v) is 28.8. The Morgan fingerprint density at radius 2 is 1.78 bits per heavy atom. The summed E-state index contributed by atoms with van der Waals surface area (Å²) in [5, 5.41) is 2.95. The molecule has 0 saturated heterocycles. The lowest BCUT2D eigenvalue weighted by molar-refractivity contribution is -0.140. The van der Waals surface area contributed by atoms with Gasteiger partial charge in [0.1, 0.15) is 28.9 Å². The van der Waals surface area contributed by atoms with Crippen LogP contribution in [0.25, 0.3) is 11.3 Å². The van der Waals surface area contributed by atoms with Crippen molar-refractivity contribution < 1.29 is 35.9 Å². The third kappa shape index (κ3) is 9.77. The van der Waals surface area contributed by atoms with Gasteiger partial charge >= 0.3 is 6.18 Å². The molecule has 6 rings (SSSR count). The molecule has 2 unspecified atom stereocenters. The number of halogens is 6. The third-order valence-corrected chi connectivity index (χ3v) is 8.54. The van der Waals surface area contributed by atoms with Crippen molar-refractivity contribution in [3.05, 3.63) is 124 Å². The Bertz CT molecular complexity index is 1910. The molecule has 1 saturated carbocycles.